The molecular formula is C14H14N2O3S. The van der Waals surface area contributed by atoms with Crippen molar-refractivity contribution in [2.75, 3.05) is 18.2 Å². The number of pyridine rings is 1. The summed E-state index contributed by atoms with van der Waals surface area (Å²) < 4.78 is 5.10. The number of hydrogen-bond acceptors (Lipinski definition) is 5. The van der Waals surface area contributed by atoms with Gasteiger partial charge in [0.1, 0.15) is 11.6 Å². The van der Waals surface area contributed by atoms with Crippen LogP contribution in [-0.4, -0.2) is 28.9 Å². The zero-order chi connectivity index (χ0) is 14.4. The normalized spacial score (nSPS) is 10.1. The van der Waals surface area contributed by atoms with Crippen LogP contribution in [0.15, 0.2) is 47.5 Å². The molecule has 0 fully saturated rings. The molecule has 20 heavy (non-hydrogen) atoms. The molecule has 0 atom stereocenters. The molecule has 0 radical (unpaired) electrons. The molecule has 2 rings (SSSR count). The lowest BCUT2D eigenvalue weighted by Crippen LogP contribution is -2.00. The number of carbonyl (C=O) groups is 1. The third-order valence-electron chi connectivity index (χ3n) is 2.47. The maximum Gasteiger partial charge on any atom is 0.313 e. The van der Waals surface area contributed by atoms with E-state index in [0.717, 1.165) is 16.3 Å². The average molecular weight is 290 g/mol. The third kappa shape index (κ3) is 3.89. The van der Waals surface area contributed by atoms with Crippen molar-refractivity contribution >= 4 is 29.2 Å². The number of carboxylic acid groups (broad SMARTS) is 1. The highest BCUT2D eigenvalue weighted by Crippen LogP contribution is 2.28. The minimum atomic E-state index is -0.853. The minimum Gasteiger partial charge on any atom is -0.497 e. The van der Waals surface area contributed by atoms with Crippen molar-refractivity contribution in [3.8, 4) is 5.75 Å². The molecule has 1 aromatic carbocycles. The van der Waals surface area contributed by atoms with Gasteiger partial charge in [-0.05, 0) is 36.4 Å². The number of ether oxygens (including phenoxy) is 1. The summed E-state index contributed by atoms with van der Waals surface area (Å²) in [5, 5.41) is 11.9. The van der Waals surface area contributed by atoms with Gasteiger partial charge in [0.05, 0.1) is 17.8 Å². The maximum absolute atomic E-state index is 10.6. The summed E-state index contributed by atoms with van der Waals surface area (Å²) >= 11 is 1.23. The third-order valence-corrected chi connectivity index (χ3v) is 3.51. The first kappa shape index (κ1) is 14.2. The molecular weight excluding hydrogens is 276 g/mol. The quantitative estimate of drug-likeness (QED) is 0.797. The Morgan fingerprint density at radius 3 is 2.75 bits per heavy atom. The van der Waals surface area contributed by atoms with Gasteiger partial charge in [0.2, 0.25) is 0 Å². The summed E-state index contributed by atoms with van der Waals surface area (Å²) in [5.41, 5.74) is 0.863. The lowest BCUT2D eigenvalue weighted by molar-refractivity contribution is -0.133. The second-order valence-corrected chi connectivity index (χ2v) is 4.90. The second kappa shape index (κ2) is 6.81. The molecule has 2 N–H and O–H groups in total. The van der Waals surface area contributed by atoms with Crippen LogP contribution in [-0.2, 0) is 4.79 Å². The molecule has 1 aromatic heterocycles. The topological polar surface area (TPSA) is 71.5 Å². The van der Waals surface area contributed by atoms with Gasteiger partial charge in [0.15, 0.2) is 0 Å². The Hall–Kier alpha value is -2.21. The number of benzene rings is 1. The van der Waals surface area contributed by atoms with Gasteiger partial charge in [-0.25, -0.2) is 4.98 Å². The van der Waals surface area contributed by atoms with E-state index < -0.39 is 5.97 Å². The fourth-order valence-electron chi connectivity index (χ4n) is 1.55. The Bertz CT molecular complexity index is 587. The fourth-order valence-corrected chi connectivity index (χ4v) is 2.25. The van der Waals surface area contributed by atoms with Crippen LogP contribution in [0.4, 0.5) is 11.5 Å². The molecule has 0 amide bonds. The molecule has 0 bridgehead atoms. The number of carboxylic acids is 1. The van der Waals surface area contributed by atoms with Crippen LogP contribution in [0.3, 0.4) is 0 Å². The van der Waals surface area contributed by atoms with E-state index in [1.165, 1.54) is 11.8 Å². The number of nitrogens with one attached hydrogen (secondary N) is 1. The lowest BCUT2D eigenvalue weighted by atomic mass is 10.3. The minimum absolute atomic E-state index is 0.00296. The van der Waals surface area contributed by atoms with Gasteiger partial charge in [-0.15, -0.1) is 11.8 Å². The molecule has 0 aliphatic rings. The number of nitrogens with zero attached hydrogens (tertiary/aromatic N) is 1. The van der Waals surface area contributed by atoms with E-state index in [4.69, 9.17) is 9.84 Å². The Kier molecular flexibility index (Phi) is 4.84. The van der Waals surface area contributed by atoms with E-state index in [9.17, 15) is 4.79 Å². The Morgan fingerprint density at radius 2 is 2.10 bits per heavy atom. The summed E-state index contributed by atoms with van der Waals surface area (Å²) in [4.78, 5) is 15.7. The van der Waals surface area contributed by atoms with Crippen LogP contribution in [0.2, 0.25) is 0 Å². The zero-order valence-corrected chi connectivity index (χ0v) is 11.7. The summed E-state index contributed by atoms with van der Waals surface area (Å²) in [5.74, 6) is 0.568. The number of methoxy groups -OCH3 is 1. The number of aromatic nitrogens is 1. The molecule has 0 saturated carbocycles. The van der Waals surface area contributed by atoms with Crippen molar-refractivity contribution in [1.29, 1.82) is 0 Å². The number of aliphatic carboxylic acids is 1. The first-order valence-corrected chi connectivity index (χ1v) is 6.88. The molecule has 5 nitrogen and oxygen atoms in total. The van der Waals surface area contributed by atoms with Crippen LogP contribution < -0.4 is 10.1 Å². The van der Waals surface area contributed by atoms with E-state index in [1.54, 1.807) is 19.4 Å². The number of rotatable bonds is 6. The van der Waals surface area contributed by atoms with Crippen molar-refractivity contribution < 1.29 is 14.6 Å². The van der Waals surface area contributed by atoms with Crippen molar-refractivity contribution in [2.45, 2.75) is 4.90 Å². The van der Waals surface area contributed by atoms with E-state index in [-0.39, 0.29) is 5.75 Å². The van der Waals surface area contributed by atoms with Gasteiger partial charge in [0, 0.05) is 11.9 Å². The van der Waals surface area contributed by atoms with Gasteiger partial charge in [0.25, 0.3) is 0 Å². The molecule has 0 unspecified atom stereocenters. The number of anilines is 2. The fraction of sp³-hybridized carbons (Fsp3) is 0.143. The van der Waals surface area contributed by atoms with E-state index in [2.05, 4.69) is 10.3 Å². The Balaban J connectivity index is 2.13. The summed E-state index contributed by atoms with van der Waals surface area (Å²) in [6.07, 6.45) is 1.66. The molecule has 0 spiro atoms. The number of thioether (sulfide) groups is 1. The Morgan fingerprint density at radius 1 is 1.35 bits per heavy atom. The monoisotopic (exact) mass is 290 g/mol. The van der Waals surface area contributed by atoms with E-state index in [0.29, 0.717) is 5.82 Å². The van der Waals surface area contributed by atoms with Gasteiger partial charge in [-0.2, -0.15) is 0 Å². The first-order chi connectivity index (χ1) is 9.69. The van der Waals surface area contributed by atoms with Crippen LogP contribution in [0.1, 0.15) is 0 Å². The Labute approximate surface area is 121 Å². The van der Waals surface area contributed by atoms with Gasteiger partial charge >= 0.3 is 5.97 Å². The summed E-state index contributed by atoms with van der Waals surface area (Å²) in [6.45, 7) is 0. The second-order valence-electron chi connectivity index (χ2n) is 3.89. The standard InChI is InChI=1S/C14H14N2O3S/c1-19-11-6-4-10(5-7-11)16-14-12(3-2-8-15-14)20-9-13(17)18/h2-8H,9H2,1H3,(H,15,16)(H,17,18). The predicted octanol–water partition coefficient (Wildman–Crippen LogP) is 3.01. The van der Waals surface area contributed by atoms with E-state index in [1.807, 2.05) is 30.3 Å². The van der Waals surface area contributed by atoms with Crippen molar-refractivity contribution in [3.63, 3.8) is 0 Å². The highest BCUT2D eigenvalue weighted by atomic mass is 32.2. The van der Waals surface area contributed by atoms with Crippen molar-refractivity contribution in [2.24, 2.45) is 0 Å². The maximum atomic E-state index is 10.6. The molecule has 2 aromatic rings. The van der Waals surface area contributed by atoms with Gasteiger partial charge in [-0.1, -0.05) is 0 Å². The molecule has 1 heterocycles. The van der Waals surface area contributed by atoms with Gasteiger partial charge in [-0.3, -0.25) is 4.79 Å². The van der Waals surface area contributed by atoms with Crippen LogP contribution in [0, 0.1) is 0 Å². The van der Waals surface area contributed by atoms with Crippen molar-refractivity contribution in [3.05, 3.63) is 42.6 Å². The van der Waals surface area contributed by atoms with Crippen molar-refractivity contribution in [1.82, 2.24) is 4.98 Å². The van der Waals surface area contributed by atoms with E-state index >= 15 is 0 Å². The number of hydrogen-bond donors (Lipinski definition) is 2. The van der Waals surface area contributed by atoms with Gasteiger partial charge < -0.3 is 15.2 Å². The molecule has 104 valence electrons. The largest absolute Gasteiger partial charge is 0.497 e. The first-order valence-electron chi connectivity index (χ1n) is 5.89. The molecule has 0 saturated heterocycles. The summed E-state index contributed by atoms with van der Waals surface area (Å²) in [7, 11) is 1.61. The zero-order valence-electron chi connectivity index (χ0n) is 10.9. The highest BCUT2D eigenvalue weighted by Gasteiger charge is 2.07. The SMILES string of the molecule is COc1ccc(Nc2ncccc2SCC(=O)O)cc1. The molecule has 0 aliphatic heterocycles. The van der Waals surface area contributed by atoms with Crippen LogP contribution >= 0.6 is 11.8 Å². The average Bonchev–Trinajstić information content (AvgIpc) is 2.47. The highest BCUT2D eigenvalue weighted by molar-refractivity contribution is 8.00. The lowest BCUT2D eigenvalue weighted by Gasteiger charge is -2.10. The molecule has 6 heteroatoms. The van der Waals surface area contributed by atoms with Crippen LogP contribution in [0.5, 0.6) is 5.75 Å². The predicted molar refractivity (Wildman–Crippen MR) is 78.9 cm³/mol. The molecule has 0 aliphatic carbocycles. The smallest absolute Gasteiger partial charge is 0.313 e. The summed E-state index contributed by atoms with van der Waals surface area (Å²) in [6, 6.07) is 11.1. The van der Waals surface area contributed by atoms with Crippen LogP contribution in [0.25, 0.3) is 0 Å².